The fraction of sp³-hybridized carbons (Fsp3) is 0.382. The molecule has 3 N–H and O–H groups in total. The molecule has 0 spiro atoms. The van der Waals surface area contributed by atoms with E-state index in [9.17, 15) is 9.59 Å². The molecule has 0 radical (unpaired) electrons. The summed E-state index contributed by atoms with van der Waals surface area (Å²) in [6, 6.07) is 24.5. The molecule has 1 saturated carbocycles. The molecular weight excluding hydrogens is 524 g/mol. The summed E-state index contributed by atoms with van der Waals surface area (Å²) in [5.74, 6) is 0.855. The van der Waals surface area contributed by atoms with Gasteiger partial charge in [0.15, 0.2) is 5.78 Å². The topological polar surface area (TPSA) is 96.5 Å². The van der Waals surface area contributed by atoms with Crippen LogP contribution in [0, 0.1) is 5.92 Å². The summed E-state index contributed by atoms with van der Waals surface area (Å²) in [5.41, 5.74) is 11.2. The summed E-state index contributed by atoms with van der Waals surface area (Å²) in [4.78, 5) is 35.7. The van der Waals surface area contributed by atoms with Gasteiger partial charge in [-0.3, -0.25) is 9.59 Å². The molecule has 1 aliphatic heterocycles. The number of likely N-dealkylation sites (N-methyl/N-ethyl adjacent to an activating group) is 1. The predicted octanol–water partition coefficient (Wildman–Crippen LogP) is 4.89. The van der Waals surface area contributed by atoms with Crippen LogP contribution in [-0.4, -0.2) is 65.9 Å². The first kappa shape index (κ1) is 28.1. The second kappa shape index (κ2) is 12.5. The molecule has 2 aliphatic rings. The molecule has 1 amide bonds. The van der Waals surface area contributed by atoms with Crippen molar-refractivity contribution < 1.29 is 9.59 Å². The third-order valence-corrected chi connectivity index (χ3v) is 8.92. The number of amides is 1. The van der Waals surface area contributed by atoms with Gasteiger partial charge < -0.3 is 25.4 Å². The Balaban J connectivity index is 1.24. The average Bonchev–Trinajstić information content (AvgIpc) is 3.39. The van der Waals surface area contributed by atoms with Gasteiger partial charge in [-0.2, -0.15) is 0 Å². The number of carbonyl (C=O) groups is 2. The Kier molecular flexibility index (Phi) is 8.35. The van der Waals surface area contributed by atoms with Crippen LogP contribution in [0.5, 0.6) is 0 Å². The van der Waals surface area contributed by atoms with Crippen LogP contribution in [0.2, 0.25) is 0 Å². The summed E-state index contributed by atoms with van der Waals surface area (Å²) in [6.45, 7) is 4.62. The standard InChI is InChI=1S/C34H40N6O2/c1-38-18-20-39(21-19-38)34-37-30-12-6-7-13-31(30)40(34)23-24-14-16-25(17-15-24)26-8-2-3-9-27(26)33(42)28-10-4-5-11-29(28)36-32(41)22-35/h4-7,10-17,26-27H,2-3,8-9,18-23,35H2,1H3,(H,36,41)/t26-,27-/m0/s1. The predicted molar refractivity (Wildman–Crippen MR) is 168 cm³/mol. The van der Waals surface area contributed by atoms with Crippen molar-refractivity contribution in [2.45, 2.75) is 38.1 Å². The van der Waals surface area contributed by atoms with Crippen molar-refractivity contribution in [2.24, 2.45) is 11.7 Å². The monoisotopic (exact) mass is 564 g/mol. The third-order valence-electron chi connectivity index (χ3n) is 8.92. The molecule has 8 nitrogen and oxygen atoms in total. The SMILES string of the molecule is CN1CCN(c2nc3ccccc3n2Cc2ccc([C@@H]3CCCC[C@@H]3C(=O)c3ccccc3NC(=O)CN)cc2)CC1. The van der Waals surface area contributed by atoms with E-state index in [-0.39, 0.29) is 30.1 Å². The number of anilines is 2. The lowest BCUT2D eigenvalue weighted by Crippen LogP contribution is -2.45. The van der Waals surface area contributed by atoms with Gasteiger partial charge in [-0.25, -0.2) is 4.98 Å². The number of benzene rings is 3. The molecule has 0 bridgehead atoms. The maximum absolute atomic E-state index is 13.9. The maximum atomic E-state index is 13.9. The number of carbonyl (C=O) groups excluding carboxylic acids is 2. The molecule has 1 aromatic heterocycles. The van der Waals surface area contributed by atoms with Gasteiger partial charge in [-0.05, 0) is 61.2 Å². The largest absolute Gasteiger partial charge is 0.340 e. The smallest absolute Gasteiger partial charge is 0.238 e. The summed E-state index contributed by atoms with van der Waals surface area (Å²) < 4.78 is 2.34. The molecule has 3 aromatic carbocycles. The summed E-state index contributed by atoms with van der Waals surface area (Å²) in [6.07, 6.45) is 3.97. The van der Waals surface area contributed by atoms with Gasteiger partial charge >= 0.3 is 0 Å². The van der Waals surface area contributed by atoms with Gasteiger partial charge in [0.05, 0.1) is 29.8 Å². The Labute approximate surface area is 247 Å². The zero-order valence-electron chi connectivity index (χ0n) is 24.3. The minimum absolute atomic E-state index is 0.0957. The number of fused-ring (bicyclic) bond motifs is 1. The van der Waals surface area contributed by atoms with Crippen LogP contribution in [0.15, 0.2) is 72.8 Å². The number of nitrogens with two attached hydrogens (primary N) is 1. The van der Waals surface area contributed by atoms with Gasteiger partial charge in [0, 0.05) is 37.7 Å². The second-order valence-electron chi connectivity index (χ2n) is 11.7. The van der Waals surface area contributed by atoms with E-state index in [1.807, 2.05) is 18.2 Å². The molecule has 1 aliphatic carbocycles. The number of ketones is 1. The van der Waals surface area contributed by atoms with Crippen LogP contribution < -0.4 is 16.0 Å². The van der Waals surface area contributed by atoms with Gasteiger partial charge in [0.1, 0.15) is 0 Å². The van der Waals surface area contributed by atoms with Gasteiger partial charge in [0.2, 0.25) is 11.9 Å². The highest BCUT2D eigenvalue weighted by molar-refractivity contribution is 6.06. The van der Waals surface area contributed by atoms with Crippen molar-refractivity contribution >= 4 is 34.4 Å². The number of rotatable bonds is 8. The molecule has 8 heteroatoms. The normalized spacial score (nSPS) is 19.6. The molecule has 2 atom stereocenters. The fourth-order valence-electron chi connectivity index (χ4n) is 6.57. The number of nitrogens with one attached hydrogen (secondary N) is 1. The van der Waals surface area contributed by atoms with E-state index in [0.717, 1.165) is 75.4 Å². The molecule has 0 unspecified atom stereocenters. The Hall–Kier alpha value is -4.01. The lowest BCUT2D eigenvalue weighted by Gasteiger charge is -2.33. The van der Waals surface area contributed by atoms with E-state index < -0.39 is 0 Å². The summed E-state index contributed by atoms with van der Waals surface area (Å²) in [5, 5.41) is 2.81. The number of hydrogen-bond acceptors (Lipinski definition) is 6. The minimum atomic E-state index is -0.299. The van der Waals surface area contributed by atoms with E-state index in [4.69, 9.17) is 10.7 Å². The van der Waals surface area contributed by atoms with E-state index in [1.165, 1.54) is 11.1 Å². The Bertz CT molecular complexity index is 1550. The molecule has 1 saturated heterocycles. The molecule has 42 heavy (non-hydrogen) atoms. The van der Waals surface area contributed by atoms with Crippen molar-refractivity contribution in [3.63, 3.8) is 0 Å². The highest BCUT2D eigenvalue weighted by Crippen LogP contribution is 2.40. The molecule has 2 fully saturated rings. The molecular formula is C34H40N6O2. The number of para-hydroxylation sites is 3. The van der Waals surface area contributed by atoms with Crippen LogP contribution in [-0.2, 0) is 11.3 Å². The maximum Gasteiger partial charge on any atom is 0.238 e. The number of aromatic nitrogens is 2. The zero-order chi connectivity index (χ0) is 29.1. The first-order valence-electron chi connectivity index (χ1n) is 15.1. The van der Waals surface area contributed by atoms with Gasteiger partial charge in [-0.1, -0.05) is 61.4 Å². The number of Topliss-reactive ketones (excluding diaryl/α,β-unsaturated/α-hetero) is 1. The van der Waals surface area contributed by atoms with Crippen molar-refractivity contribution in [2.75, 3.05) is 50.0 Å². The van der Waals surface area contributed by atoms with Crippen LogP contribution in [0.3, 0.4) is 0 Å². The van der Waals surface area contributed by atoms with Crippen LogP contribution in [0.1, 0.15) is 53.1 Å². The Morgan fingerprint density at radius 3 is 2.40 bits per heavy atom. The van der Waals surface area contributed by atoms with E-state index >= 15 is 0 Å². The van der Waals surface area contributed by atoms with Crippen molar-refractivity contribution in [3.8, 4) is 0 Å². The third kappa shape index (κ3) is 5.82. The Morgan fingerprint density at radius 2 is 1.62 bits per heavy atom. The lowest BCUT2D eigenvalue weighted by atomic mass is 9.72. The first-order chi connectivity index (χ1) is 20.5. The van der Waals surface area contributed by atoms with Gasteiger partial charge in [0.25, 0.3) is 0 Å². The van der Waals surface area contributed by atoms with E-state index in [0.29, 0.717) is 11.3 Å². The molecule has 218 valence electrons. The van der Waals surface area contributed by atoms with Crippen molar-refractivity contribution in [3.05, 3.63) is 89.5 Å². The molecule has 6 rings (SSSR count). The zero-order valence-corrected chi connectivity index (χ0v) is 24.3. The number of imidazole rings is 1. The quantitative estimate of drug-likeness (QED) is 0.296. The second-order valence-corrected chi connectivity index (χ2v) is 11.7. The number of hydrogen-bond donors (Lipinski definition) is 2. The highest BCUT2D eigenvalue weighted by atomic mass is 16.2. The highest BCUT2D eigenvalue weighted by Gasteiger charge is 2.33. The summed E-state index contributed by atoms with van der Waals surface area (Å²) in [7, 11) is 2.17. The Morgan fingerprint density at radius 1 is 0.905 bits per heavy atom. The first-order valence-corrected chi connectivity index (χ1v) is 15.1. The molecule has 4 aromatic rings. The average molecular weight is 565 g/mol. The van der Waals surface area contributed by atoms with Crippen molar-refractivity contribution in [1.29, 1.82) is 0 Å². The van der Waals surface area contributed by atoms with Crippen molar-refractivity contribution in [1.82, 2.24) is 14.5 Å². The lowest BCUT2D eigenvalue weighted by molar-refractivity contribution is -0.114. The molecule has 2 heterocycles. The van der Waals surface area contributed by atoms with E-state index in [2.05, 4.69) is 75.3 Å². The van der Waals surface area contributed by atoms with Crippen LogP contribution >= 0.6 is 0 Å². The fourth-order valence-corrected chi connectivity index (χ4v) is 6.57. The van der Waals surface area contributed by atoms with Crippen LogP contribution in [0.4, 0.5) is 11.6 Å². The minimum Gasteiger partial charge on any atom is -0.340 e. The van der Waals surface area contributed by atoms with E-state index in [1.54, 1.807) is 6.07 Å². The summed E-state index contributed by atoms with van der Waals surface area (Å²) >= 11 is 0. The number of nitrogens with zero attached hydrogens (tertiary/aromatic N) is 4. The van der Waals surface area contributed by atoms with Gasteiger partial charge in [-0.15, -0.1) is 0 Å². The van der Waals surface area contributed by atoms with Crippen LogP contribution in [0.25, 0.3) is 11.0 Å². The number of piperazine rings is 1.